The summed E-state index contributed by atoms with van der Waals surface area (Å²) >= 11 is 0. The Balaban J connectivity index is 1.54. The van der Waals surface area contributed by atoms with E-state index < -0.39 is 30.0 Å². The molecule has 3 aromatic rings. The molecule has 0 saturated carbocycles. The Morgan fingerprint density at radius 3 is 2.52 bits per heavy atom. The van der Waals surface area contributed by atoms with Crippen LogP contribution in [0.1, 0.15) is 103 Å². The number of carbonyl (C=O) groups excluding carboxylic acids is 5. The van der Waals surface area contributed by atoms with E-state index in [9.17, 15) is 24.0 Å². The van der Waals surface area contributed by atoms with Crippen molar-refractivity contribution < 1.29 is 28.7 Å². The summed E-state index contributed by atoms with van der Waals surface area (Å²) < 4.78 is 5.59. The number of benzene rings is 2. The highest BCUT2D eigenvalue weighted by atomic mass is 16.5. The number of rotatable bonds is 13. The van der Waals surface area contributed by atoms with Crippen molar-refractivity contribution in [1.82, 2.24) is 20.5 Å². The molecule has 3 N–H and O–H groups in total. The van der Waals surface area contributed by atoms with Gasteiger partial charge in [0.15, 0.2) is 5.78 Å². The molecule has 2 aliphatic rings. The molecular weight excluding hydrogens is 656 g/mol. The predicted molar refractivity (Wildman–Crippen MR) is 203 cm³/mol. The lowest BCUT2D eigenvalue weighted by Crippen LogP contribution is -2.61. The summed E-state index contributed by atoms with van der Waals surface area (Å²) in [5.41, 5.74) is 4.45. The Labute approximate surface area is 307 Å². The molecule has 0 spiro atoms. The molecule has 5 atom stereocenters. The summed E-state index contributed by atoms with van der Waals surface area (Å²) in [6.07, 6.45) is 6.58. The number of piperidine rings is 1. The predicted octanol–water partition coefficient (Wildman–Crippen LogP) is 6.61. The van der Waals surface area contributed by atoms with E-state index in [0.29, 0.717) is 50.8 Å². The molecule has 3 amide bonds. The summed E-state index contributed by atoms with van der Waals surface area (Å²) in [7, 11) is 1.63. The van der Waals surface area contributed by atoms with Crippen LogP contribution in [0.25, 0.3) is 22.2 Å². The number of hydrogen-bond acceptors (Lipinski definition) is 6. The lowest BCUT2D eigenvalue weighted by Gasteiger charge is -2.39. The van der Waals surface area contributed by atoms with E-state index in [-0.39, 0.29) is 42.1 Å². The summed E-state index contributed by atoms with van der Waals surface area (Å²) in [4.78, 5) is 74.3. The molecule has 2 aliphatic heterocycles. The molecule has 5 rings (SSSR count). The monoisotopic (exact) mass is 712 g/mol. The minimum atomic E-state index is -1.02. The molecule has 1 unspecified atom stereocenters. The Morgan fingerprint density at radius 1 is 0.981 bits per heavy atom. The maximum absolute atomic E-state index is 14.5. The third kappa shape index (κ3) is 9.11. The van der Waals surface area contributed by atoms with Crippen molar-refractivity contribution in [2.24, 2.45) is 11.8 Å². The van der Waals surface area contributed by atoms with E-state index in [0.717, 1.165) is 59.0 Å². The number of para-hydroxylation sites is 1. The number of aromatic amines is 1. The van der Waals surface area contributed by atoms with Crippen molar-refractivity contribution in [2.75, 3.05) is 13.7 Å². The number of nitrogens with zero attached hydrogens (tertiary/aromatic N) is 1. The van der Waals surface area contributed by atoms with Gasteiger partial charge in [0.1, 0.15) is 23.6 Å². The first-order valence-electron chi connectivity index (χ1n) is 19.3. The van der Waals surface area contributed by atoms with Gasteiger partial charge in [-0.15, -0.1) is 0 Å². The first kappa shape index (κ1) is 38.8. The van der Waals surface area contributed by atoms with Gasteiger partial charge in [-0.2, -0.15) is 0 Å². The van der Waals surface area contributed by atoms with Crippen molar-refractivity contribution in [3.8, 4) is 17.0 Å². The lowest BCUT2D eigenvalue weighted by molar-refractivity contribution is -0.147. The minimum Gasteiger partial charge on any atom is -0.497 e. The molecular formula is C42H56N4O6. The van der Waals surface area contributed by atoms with Crippen molar-refractivity contribution in [3.05, 3.63) is 53.6 Å². The summed E-state index contributed by atoms with van der Waals surface area (Å²) in [6.45, 7) is 8.22. The van der Waals surface area contributed by atoms with Crippen LogP contribution in [0.3, 0.4) is 0 Å². The number of ether oxygens (including phenoxy) is 1. The number of aromatic nitrogens is 1. The number of carbonyl (C=O) groups is 5. The number of unbranched alkanes of at least 4 members (excludes halogenated alkanes) is 2. The molecule has 0 bridgehead atoms. The zero-order valence-corrected chi connectivity index (χ0v) is 31.5. The number of H-pyrrole nitrogens is 1. The second kappa shape index (κ2) is 17.8. The number of Topliss-reactive ketones (excluding diaryl/α,β-unsaturated/α-hetero) is 2. The van der Waals surface area contributed by atoms with Gasteiger partial charge >= 0.3 is 0 Å². The van der Waals surface area contributed by atoms with Crippen LogP contribution >= 0.6 is 0 Å². The van der Waals surface area contributed by atoms with Gasteiger partial charge in [-0.05, 0) is 80.3 Å². The highest BCUT2D eigenvalue weighted by Gasteiger charge is 2.41. The molecule has 10 nitrogen and oxygen atoms in total. The Kier molecular flexibility index (Phi) is 13.3. The highest BCUT2D eigenvalue weighted by molar-refractivity contribution is 5.99. The smallest absolute Gasteiger partial charge is 0.246 e. The van der Waals surface area contributed by atoms with Crippen molar-refractivity contribution in [2.45, 2.75) is 123 Å². The van der Waals surface area contributed by atoms with Gasteiger partial charge in [-0.25, -0.2) is 0 Å². The maximum Gasteiger partial charge on any atom is 0.246 e. The molecule has 2 fully saturated rings. The summed E-state index contributed by atoms with van der Waals surface area (Å²) in [5, 5.41) is 7.08. The molecule has 1 aromatic heterocycles. The number of methoxy groups -OCH3 is 1. The highest BCUT2D eigenvalue weighted by Crippen LogP contribution is 2.34. The van der Waals surface area contributed by atoms with Crippen LogP contribution in [-0.4, -0.2) is 71.0 Å². The standard InChI is InChI=1S/C42H56N4O6/c1-6-27(4)38-42(51)46-20-14-13-19-36(46)37(48)24-28(15-9-8-10-16-30(47)7-2)40(49)44-35(41(50)45-38)25-33-32-17-11-12-18-34(32)43-39(33)29-21-26(3)22-31(23-29)52-5/h11-12,17-18,21-23,27-28,35-36,38,43H,6-10,13-16,19-20,24-25H2,1-5H3,(H,44,49)(H,45,50)/t27-,28-,35+,36-,38?/m1/s1. The molecule has 0 aliphatic carbocycles. The van der Waals surface area contributed by atoms with Crippen LogP contribution in [0.5, 0.6) is 5.75 Å². The summed E-state index contributed by atoms with van der Waals surface area (Å²) in [5.74, 6) is -1.05. The van der Waals surface area contributed by atoms with Crippen LogP contribution < -0.4 is 15.4 Å². The minimum absolute atomic E-state index is 0.00205. The van der Waals surface area contributed by atoms with E-state index in [1.54, 1.807) is 12.0 Å². The number of aryl methyl sites for hydroxylation is 1. The van der Waals surface area contributed by atoms with Crippen molar-refractivity contribution >= 4 is 40.2 Å². The van der Waals surface area contributed by atoms with Gasteiger partial charge in [0.2, 0.25) is 17.7 Å². The van der Waals surface area contributed by atoms with Gasteiger partial charge in [0, 0.05) is 60.3 Å². The molecule has 0 radical (unpaired) electrons. The topological polar surface area (TPSA) is 138 Å². The zero-order chi connectivity index (χ0) is 37.4. The molecule has 3 heterocycles. The third-order valence-corrected chi connectivity index (χ3v) is 11.1. The Morgan fingerprint density at radius 2 is 1.77 bits per heavy atom. The van der Waals surface area contributed by atoms with Crippen LogP contribution in [-0.2, 0) is 30.4 Å². The van der Waals surface area contributed by atoms with Crippen LogP contribution in [0, 0.1) is 18.8 Å². The van der Waals surface area contributed by atoms with Crippen LogP contribution in [0.4, 0.5) is 0 Å². The van der Waals surface area contributed by atoms with Gasteiger partial charge in [-0.3, -0.25) is 24.0 Å². The lowest BCUT2D eigenvalue weighted by atomic mass is 9.87. The average molecular weight is 713 g/mol. The fourth-order valence-corrected chi connectivity index (χ4v) is 7.79. The van der Waals surface area contributed by atoms with E-state index in [4.69, 9.17) is 4.74 Å². The summed E-state index contributed by atoms with van der Waals surface area (Å²) in [6, 6.07) is 11.4. The fourth-order valence-electron chi connectivity index (χ4n) is 7.79. The first-order valence-corrected chi connectivity index (χ1v) is 19.3. The van der Waals surface area contributed by atoms with E-state index >= 15 is 0 Å². The van der Waals surface area contributed by atoms with Gasteiger partial charge in [0.25, 0.3) is 0 Å². The van der Waals surface area contributed by atoms with Gasteiger partial charge in [0.05, 0.1) is 13.2 Å². The number of ketones is 2. The average Bonchev–Trinajstić information content (AvgIpc) is 3.52. The maximum atomic E-state index is 14.5. The molecule has 10 heteroatoms. The Hall–Kier alpha value is -4.47. The van der Waals surface area contributed by atoms with E-state index in [1.807, 2.05) is 64.1 Å². The van der Waals surface area contributed by atoms with E-state index in [2.05, 4.69) is 21.7 Å². The van der Waals surface area contributed by atoms with Crippen molar-refractivity contribution in [1.29, 1.82) is 0 Å². The zero-order valence-electron chi connectivity index (χ0n) is 31.5. The normalized spacial score (nSPS) is 22.2. The van der Waals surface area contributed by atoms with Crippen LogP contribution in [0.15, 0.2) is 42.5 Å². The number of hydrogen-bond donors (Lipinski definition) is 3. The number of fused-ring (bicyclic) bond motifs is 2. The van der Waals surface area contributed by atoms with Gasteiger partial charge < -0.3 is 25.3 Å². The SMILES string of the molecule is CCC(=O)CCCCC[C@@H]1CC(=O)[C@H]2CCCCN2C(=O)C([C@H](C)CC)NC(=O)[C@H](Cc2c(-c3cc(C)cc(OC)c3)[nH]c3ccccc23)NC1=O. The quantitative estimate of drug-likeness (QED) is 0.171. The molecule has 280 valence electrons. The second-order valence-electron chi connectivity index (χ2n) is 14.8. The second-order valence-corrected chi connectivity index (χ2v) is 14.8. The van der Waals surface area contributed by atoms with E-state index in [1.165, 1.54) is 0 Å². The fraction of sp³-hybridized carbons (Fsp3) is 0.548. The van der Waals surface area contributed by atoms with Gasteiger partial charge in [-0.1, -0.05) is 58.2 Å². The first-order chi connectivity index (χ1) is 25.0. The largest absolute Gasteiger partial charge is 0.497 e. The Bertz CT molecular complexity index is 1760. The van der Waals surface area contributed by atoms with Crippen molar-refractivity contribution in [3.63, 3.8) is 0 Å². The molecule has 2 saturated heterocycles. The number of amides is 3. The van der Waals surface area contributed by atoms with Crippen LogP contribution in [0.2, 0.25) is 0 Å². The molecule has 52 heavy (non-hydrogen) atoms. The molecule has 2 aromatic carbocycles. The third-order valence-electron chi connectivity index (χ3n) is 11.1. The number of nitrogens with one attached hydrogen (secondary N) is 3.